The lowest BCUT2D eigenvalue weighted by atomic mass is 9.96. The Morgan fingerprint density at radius 2 is 1.86 bits per heavy atom. The average molecular weight is 390 g/mol. The topological polar surface area (TPSA) is 71.3 Å². The van der Waals surface area contributed by atoms with Gasteiger partial charge in [0.1, 0.15) is 0 Å². The second-order valence-electron chi connectivity index (χ2n) is 7.79. The molecular weight excluding hydrogens is 364 g/mol. The van der Waals surface area contributed by atoms with Crippen LogP contribution in [-0.2, 0) is 11.3 Å². The maximum Gasteiger partial charge on any atom is 0.241 e. The summed E-state index contributed by atoms with van der Waals surface area (Å²) in [6.07, 6.45) is 1.66. The molecule has 0 aliphatic carbocycles. The van der Waals surface area contributed by atoms with Gasteiger partial charge in [0.2, 0.25) is 17.6 Å². The van der Waals surface area contributed by atoms with E-state index in [2.05, 4.69) is 27.3 Å². The molecule has 0 radical (unpaired) electrons. The van der Waals surface area contributed by atoms with Crippen LogP contribution in [-0.4, -0.2) is 34.0 Å². The van der Waals surface area contributed by atoms with Crippen LogP contribution in [0.2, 0.25) is 0 Å². The SMILES string of the molecule is Cc1ccc(-c2noc(CN3CCC(C(=O)Nc4cccc(C)c4)CC3)n2)cc1. The number of aryl methyl sites for hydroxylation is 2. The molecule has 1 aliphatic heterocycles. The van der Waals surface area contributed by atoms with E-state index in [1.165, 1.54) is 5.56 Å². The van der Waals surface area contributed by atoms with E-state index in [1.807, 2.05) is 55.5 Å². The normalized spacial score (nSPS) is 15.4. The summed E-state index contributed by atoms with van der Waals surface area (Å²) < 4.78 is 5.43. The van der Waals surface area contributed by atoms with Gasteiger partial charge in [0.15, 0.2) is 0 Å². The van der Waals surface area contributed by atoms with Crippen molar-refractivity contribution >= 4 is 11.6 Å². The largest absolute Gasteiger partial charge is 0.338 e. The molecule has 0 spiro atoms. The first-order chi connectivity index (χ1) is 14.1. The summed E-state index contributed by atoms with van der Waals surface area (Å²) in [4.78, 5) is 19.3. The van der Waals surface area contributed by atoms with E-state index in [0.717, 1.165) is 42.7 Å². The second-order valence-corrected chi connectivity index (χ2v) is 7.79. The molecule has 0 unspecified atom stereocenters. The van der Waals surface area contributed by atoms with Gasteiger partial charge < -0.3 is 9.84 Å². The predicted octanol–water partition coefficient (Wildman–Crippen LogP) is 4.20. The van der Waals surface area contributed by atoms with Crippen molar-refractivity contribution < 1.29 is 9.32 Å². The van der Waals surface area contributed by atoms with Gasteiger partial charge in [-0.1, -0.05) is 47.1 Å². The zero-order valence-corrected chi connectivity index (χ0v) is 16.9. The number of likely N-dealkylation sites (tertiary alicyclic amines) is 1. The first kappa shape index (κ1) is 19.3. The Bertz CT molecular complexity index is 973. The van der Waals surface area contributed by atoms with Gasteiger partial charge in [-0.15, -0.1) is 0 Å². The summed E-state index contributed by atoms with van der Waals surface area (Å²) in [6, 6.07) is 16.0. The molecule has 2 heterocycles. The highest BCUT2D eigenvalue weighted by molar-refractivity contribution is 5.92. The number of piperidine rings is 1. The van der Waals surface area contributed by atoms with Crippen molar-refractivity contribution in [1.29, 1.82) is 0 Å². The maximum atomic E-state index is 12.6. The molecule has 4 rings (SSSR count). The summed E-state index contributed by atoms with van der Waals surface area (Å²) in [5, 5.41) is 7.15. The fourth-order valence-electron chi connectivity index (χ4n) is 3.65. The highest BCUT2D eigenvalue weighted by atomic mass is 16.5. The minimum atomic E-state index is 0.0394. The molecule has 0 atom stereocenters. The van der Waals surface area contributed by atoms with Crippen LogP contribution in [0.4, 0.5) is 5.69 Å². The number of carbonyl (C=O) groups is 1. The van der Waals surface area contributed by atoms with E-state index in [1.54, 1.807) is 0 Å². The lowest BCUT2D eigenvalue weighted by molar-refractivity contribution is -0.121. The molecule has 29 heavy (non-hydrogen) atoms. The zero-order valence-electron chi connectivity index (χ0n) is 16.9. The monoisotopic (exact) mass is 390 g/mol. The Morgan fingerprint density at radius 1 is 1.10 bits per heavy atom. The van der Waals surface area contributed by atoms with E-state index < -0.39 is 0 Å². The Hall–Kier alpha value is -2.99. The fourth-order valence-corrected chi connectivity index (χ4v) is 3.65. The molecule has 1 saturated heterocycles. The molecule has 0 saturated carbocycles. The molecule has 1 fully saturated rings. The average Bonchev–Trinajstić information content (AvgIpc) is 3.17. The van der Waals surface area contributed by atoms with Gasteiger partial charge in [0.05, 0.1) is 6.54 Å². The molecule has 150 valence electrons. The van der Waals surface area contributed by atoms with Crippen LogP contribution in [0.1, 0.15) is 29.9 Å². The summed E-state index contributed by atoms with van der Waals surface area (Å²) in [5.74, 6) is 1.38. The number of rotatable bonds is 5. The maximum absolute atomic E-state index is 12.6. The molecule has 1 aliphatic rings. The van der Waals surface area contributed by atoms with Crippen molar-refractivity contribution in [3.8, 4) is 11.4 Å². The molecule has 6 heteroatoms. The van der Waals surface area contributed by atoms with Gasteiger partial charge in [-0.25, -0.2) is 0 Å². The van der Waals surface area contributed by atoms with E-state index in [-0.39, 0.29) is 11.8 Å². The molecule has 0 bridgehead atoms. The first-order valence-corrected chi connectivity index (χ1v) is 10.1. The molecule has 1 N–H and O–H groups in total. The van der Waals surface area contributed by atoms with Crippen molar-refractivity contribution in [3.05, 3.63) is 65.5 Å². The lowest BCUT2D eigenvalue weighted by Gasteiger charge is -2.30. The molecule has 6 nitrogen and oxygen atoms in total. The lowest BCUT2D eigenvalue weighted by Crippen LogP contribution is -2.37. The predicted molar refractivity (Wildman–Crippen MR) is 112 cm³/mol. The van der Waals surface area contributed by atoms with E-state index in [9.17, 15) is 4.79 Å². The van der Waals surface area contributed by atoms with E-state index in [4.69, 9.17) is 4.52 Å². The third-order valence-electron chi connectivity index (χ3n) is 5.38. The van der Waals surface area contributed by atoms with Crippen LogP contribution in [0.25, 0.3) is 11.4 Å². The van der Waals surface area contributed by atoms with Crippen molar-refractivity contribution in [3.63, 3.8) is 0 Å². The number of anilines is 1. The van der Waals surface area contributed by atoms with Crippen LogP contribution in [0.15, 0.2) is 53.1 Å². The number of hydrogen-bond donors (Lipinski definition) is 1. The minimum absolute atomic E-state index is 0.0394. The molecular formula is C23H26N4O2. The first-order valence-electron chi connectivity index (χ1n) is 10.1. The van der Waals surface area contributed by atoms with Gasteiger partial charge in [0.25, 0.3) is 0 Å². The summed E-state index contributed by atoms with van der Waals surface area (Å²) in [6.45, 7) is 6.37. The number of hydrogen-bond acceptors (Lipinski definition) is 5. The highest BCUT2D eigenvalue weighted by Gasteiger charge is 2.26. The van der Waals surface area contributed by atoms with Crippen molar-refractivity contribution in [1.82, 2.24) is 15.0 Å². The summed E-state index contributed by atoms with van der Waals surface area (Å²) >= 11 is 0. The number of nitrogens with zero attached hydrogens (tertiary/aromatic N) is 3. The quantitative estimate of drug-likeness (QED) is 0.707. The highest BCUT2D eigenvalue weighted by Crippen LogP contribution is 2.22. The van der Waals surface area contributed by atoms with Gasteiger partial charge >= 0.3 is 0 Å². The summed E-state index contributed by atoms with van der Waals surface area (Å²) in [5.41, 5.74) is 4.16. The van der Waals surface area contributed by atoms with Crippen LogP contribution in [0.3, 0.4) is 0 Å². The van der Waals surface area contributed by atoms with Crippen LogP contribution in [0.5, 0.6) is 0 Å². The Balaban J connectivity index is 1.29. The van der Waals surface area contributed by atoms with Gasteiger partial charge in [-0.05, 0) is 57.5 Å². The third-order valence-corrected chi connectivity index (χ3v) is 5.38. The Labute approximate surface area is 170 Å². The van der Waals surface area contributed by atoms with Crippen LogP contribution in [0, 0.1) is 19.8 Å². The van der Waals surface area contributed by atoms with Crippen molar-refractivity contribution in [2.45, 2.75) is 33.2 Å². The Kier molecular flexibility index (Phi) is 5.71. The van der Waals surface area contributed by atoms with Crippen LogP contribution >= 0.6 is 0 Å². The second kappa shape index (κ2) is 8.57. The number of nitrogens with one attached hydrogen (secondary N) is 1. The van der Waals surface area contributed by atoms with Crippen molar-refractivity contribution in [2.75, 3.05) is 18.4 Å². The molecule has 3 aromatic rings. The fraction of sp³-hybridized carbons (Fsp3) is 0.348. The standard InChI is InChI=1S/C23H26N4O2/c1-16-6-8-18(9-7-16)22-25-21(29-26-22)15-27-12-10-19(11-13-27)23(28)24-20-5-3-4-17(2)14-20/h3-9,14,19H,10-13,15H2,1-2H3,(H,24,28). The number of carbonyl (C=O) groups excluding carboxylic acids is 1. The summed E-state index contributed by atoms with van der Waals surface area (Å²) in [7, 11) is 0. The molecule has 1 aromatic heterocycles. The Morgan fingerprint density at radius 3 is 2.59 bits per heavy atom. The van der Waals surface area contributed by atoms with Gasteiger partial charge in [-0.3, -0.25) is 9.69 Å². The number of amides is 1. The number of benzene rings is 2. The van der Waals surface area contributed by atoms with Gasteiger partial charge in [0, 0.05) is 17.2 Å². The molecule has 1 amide bonds. The molecule has 2 aromatic carbocycles. The van der Waals surface area contributed by atoms with Gasteiger partial charge in [-0.2, -0.15) is 4.98 Å². The minimum Gasteiger partial charge on any atom is -0.338 e. The number of aromatic nitrogens is 2. The van der Waals surface area contributed by atoms with Crippen molar-refractivity contribution in [2.24, 2.45) is 5.92 Å². The van der Waals surface area contributed by atoms with E-state index >= 15 is 0 Å². The van der Waals surface area contributed by atoms with E-state index in [0.29, 0.717) is 18.3 Å². The third kappa shape index (κ3) is 4.90. The smallest absolute Gasteiger partial charge is 0.241 e. The zero-order chi connectivity index (χ0) is 20.2. The van der Waals surface area contributed by atoms with Crippen LogP contribution < -0.4 is 5.32 Å².